The quantitative estimate of drug-likeness (QED) is 0.802. The van der Waals surface area contributed by atoms with Gasteiger partial charge in [-0.1, -0.05) is 13.8 Å². The van der Waals surface area contributed by atoms with Crippen LogP contribution in [0.2, 0.25) is 0 Å². The third kappa shape index (κ3) is 6.63. The zero-order valence-electron chi connectivity index (χ0n) is 14.2. The Hall–Kier alpha value is -2.89. The molecule has 0 aliphatic carbocycles. The molecule has 0 aliphatic heterocycles. The number of amides is 2. The van der Waals surface area contributed by atoms with Crippen molar-refractivity contribution in [1.29, 1.82) is 0 Å². The minimum atomic E-state index is -0.364. The van der Waals surface area contributed by atoms with Crippen molar-refractivity contribution in [2.24, 2.45) is 5.92 Å². The van der Waals surface area contributed by atoms with Gasteiger partial charge in [0.2, 0.25) is 5.91 Å². The van der Waals surface area contributed by atoms with E-state index in [2.05, 4.69) is 10.6 Å². The Kier molecular flexibility index (Phi) is 6.51. The molecule has 0 atom stereocenters. The summed E-state index contributed by atoms with van der Waals surface area (Å²) in [4.78, 5) is 23.6. The Bertz CT molecular complexity index is 712. The summed E-state index contributed by atoms with van der Waals surface area (Å²) in [5, 5.41) is 5.48. The van der Waals surface area contributed by atoms with Gasteiger partial charge in [-0.2, -0.15) is 0 Å². The number of ether oxygens (including phenoxy) is 1. The highest BCUT2D eigenvalue weighted by Crippen LogP contribution is 2.15. The minimum absolute atomic E-state index is 0.0421. The van der Waals surface area contributed by atoms with E-state index in [1.807, 2.05) is 13.8 Å². The van der Waals surface area contributed by atoms with E-state index < -0.39 is 0 Å². The molecule has 2 aromatic rings. The molecular formula is C19H21FN2O3. The number of carbonyl (C=O) groups is 2. The maximum absolute atomic E-state index is 12.8. The molecule has 5 nitrogen and oxygen atoms in total. The van der Waals surface area contributed by atoms with Crippen molar-refractivity contribution in [1.82, 2.24) is 0 Å². The second-order valence-corrected chi connectivity index (χ2v) is 6.01. The molecule has 0 saturated heterocycles. The lowest BCUT2D eigenvalue weighted by atomic mass is 10.1. The van der Waals surface area contributed by atoms with Gasteiger partial charge in [-0.05, 0) is 54.4 Å². The van der Waals surface area contributed by atoms with Gasteiger partial charge in [0.05, 0.1) is 0 Å². The van der Waals surface area contributed by atoms with Crippen LogP contribution in [0.5, 0.6) is 5.75 Å². The van der Waals surface area contributed by atoms with Crippen LogP contribution < -0.4 is 15.4 Å². The number of nitrogens with one attached hydrogen (secondary N) is 2. The number of benzene rings is 2. The Morgan fingerprint density at radius 3 is 1.96 bits per heavy atom. The predicted molar refractivity (Wildman–Crippen MR) is 95.1 cm³/mol. The molecule has 0 fully saturated rings. The van der Waals surface area contributed by atoms with E-state index in [-0.39, 0.29) is 24.2 Å². The first-order valence-corrected chi connectivity index (χ1v) is 8.00. The summed E-state index contributed by atoms with van der Waals surface area (Å²) in [5.41, 5.74) is 1.26. The summed E-state index contributed by atoms with van der Waals surface area (Å²) in [7, 11) is 0. The van der Waals surface area contributed by atoms with Crippen molar-refractivity contribution in [2.75, 3.05) is 17.2 Å². The fourth-order valence-electron chi connectivity index (χ4n) is 2.10. The van der Waals surface area contributed by atoms with E-state index >= 15 is 0 Å². The van der Waals surface area contributed by atoms with Gasteiger partial charge in [0, 0.05) is 17.8 Å². The average Bonchev–Trinajstić information content (AvgIpc) is 2.55. The van der Waals surface area contributed by atoms with E-state index in [9.17, 15) is 14.0 Å². The third-order valence-electron chi connectivity index (χ3n) is 3.23. The highest BCUT2D eigenvalue weighted by molar-refractivity contribution is 5.93. The fourth-order valence-corrected chi connectivity index (χ4v) is 2.10. The Balaban J connectivity index is 1.80. The summed E-state index contributed by atoms with van der Waals surface area (Å²) < 4.78 is 18.1. The van der Waals surface area contributed by atoms with Crippen molar-refractivity contribution in [3.8, 4) is 5.75 Å². The third-order valence-corrected chi connectivity index (χ3v) is 3.23. The smallest absolute Gasteiger partial charge is 0.262 e. The first-order valence-electron chi connectivity index (χ1n) is 8.00. The number of carbonyl (C=O) groups excluding carboxylic acids is 2. The van der Waals surface area contributed by atoms with E-state index in [4.69, 9.17) is 4.74 Å². The summed E-state index contributed by atoms with van der Waals surface area (Å²) >= 11 is 0. The highest BCUT2D eigenvalue weighted by atomic mass is 19.1. The second kappa shape index (κ2) is 8.82. The van der Waals surface area contributed by atoms with Crippen LogP contribution in [0.25, 0.3) is 0 Å². The van der Waals surface area contributed by atoms with Gasteiger partial charge in [-0.25, -0.2) is 4.39 Å². The maximum Gasteiger partial charge on any atom is 0.262 e. The summed E-state index contributed by atoms with van der Waals surface area (Å²) in [6.45, 7) is 3.77. The van der Waals surface area contributed by atoms with Crippen LogP contribution in [0, 0.1) is 11.7 Å². The lowest BCUT2D eigenvalue weighted by Crippen LogP contribution is -2.20. The van der Waals surface area contributed by atoms with Gasteiger partial charge < -0.3 is 15.4 Å². The van der Waals surface area contributed by atoms with Gasteiger partial charge in [0.1, 0.15) is 11.6 Å². The number of hydrogen-bond donors (Lipinski definition) is 2. The normalized spacial score (nSPS) is 10.4. The number of anilines is 2. The van der Waals surface area contributed by atoms with Gasteiger partial charge >= 0.3 is 0 Å². The van der Waals surface area contributed by atoms with E-state index in [1.165, 1.54) is 24.3 Å². The molecule has 25 heavy (non-hydrogen) atoms. The topological polar surface area (TPSA) is 67.4 Å². The SMILES string of the molecule is CC(C)CC(=O)Nc1ccc(NC(=O)COc2ccc(F)cc2)cc1. The van der Waals surface area contributed by atoms with Crippen LogP contribution in [0.3, 0.4) is 0 Å². The maximum atomic E-state index is 12.8. The van der Waals surface area contributed by atoms with E-state index in [0.29, 0.717) is 29.5 Å². The summed E-state index contributed by atoms with van der Waals surface area (Å²) in [6, 6.07) is 12.3. The van der Waals surface area contributed by atoms with E-state index in [1.54, 1.807) is 24.3 Å². The molecule has 0 bridgehead atoms. The molecule has 6 heteroatoms. The molecule has 0 aliphatic rings. The van der Waals surface area contributed by atoms with Crippen LogP contribution in [0.15, 0.2) is 48.5 Å². The van der Waals surface area contributed by atoms with Crippen LogP contribution in [0.1, 0.15) is 20.3 Å². The molecule has 2 rings (SSSR count). The molecular weight excluding hydrogens is 323 g/mol. The molecule has 2 amide bonds. The standard InChI is InChI=1S/C19H21FN2O3/c1-13(2)11-18(23)21-15-5-7-16(8-6-15)22-19(24)12-25-17-9-3-14(20)4-10-17/h3-10,13H,11-12H2,1-2H3,(H,21,23)(H,22,24). The molecule has 0 spiro atoms. The van der Waals surface area contributed by atoms with Crippen LogP contribution in [-0.2, 0) is 9.59 Å². The monoisotopic (exact) mass is 344 g/mol. The average molecular weight is 344 g/mol. The minimum Gasteiger partial charge on any atom is -0.484 e. The van der Waals surface area contributed by atoms with Gasteiger partial charge in [0.25, 0.3) is 5.91 Å². The highest BCUT2D eigenvalue weighted by Gasteiger charge is 2.07. The van der Waals surface area contributed by atoms with Crippen LogP contribution in [0.4, 0.5) is 15.8 Å². The van der Waals surface area contributed by atoms with Gasteiger partial charge in [-0.15, -0.1) is 0 Å². The zero-order valence-corrected chi connectivity index (χ0v) is 14.2. The molecule has 2 aromatic carbocycles. The molecule has 0 unspecified atom stereocenters. The van der Waals surface area contributed by atoms with Crippen molar-refractivity contribution in [3.05, 3.63) is 54.3 Å². The van der Waals surface area contributed by atoms with Crippen molar-refractivity contribution in [2.45, 2.75) is 20.3 Å². The molecule has 0 aromatic heterocycles. The zero-order chi connectivity index (χ0) is 18.2. The molecule has 132 valence electrons. The second-order valence-electron chi connectivity index (χ2n) is 6.01. The molecule has 0 heterocycles. The Morgan fingerprint density at radius 1 is 0.920 bits per heavy atom. The van der Waals surface area contributed by atoms with Gasteiger partial charge in [-0.3, -0.25) is 9.59 Å². The van der Waals surface area contributed by atoms with Crippen molar-refractivity contribution in [3.63, 3.8) is 0 Å². The number of rotatable bonds is 7. The summed E-state index contributed by atoms with van der Waals surface area (Å²) in [5.74, 6) is -0.0304. The van der Waals surface area contributed by atoms with Crippen molar-refractivity contribution < 1.29 is 18.7 Å². The van der Waals surface area contributed by atoms with E-state index in [0.717, 1.165) is 0 Å². The number of hydrogen-bond acceptors (Lipinski definition) is 3. The lowest BCUT2D eigenvalue weighted by molar-refractivity contribution is -0.118. The van der Waals surface area contributed by atoms with Gasteiger partial charge in [0.15, 0.2) is 6.61 Å². The lowest BCUT2D eigenvalue weighted by Gasteiger charge is -2.09. The molecule has 0 radical (unpaired) electrons. The Labute approximate surface area is 146 Å². The van der Waals surface area contributed by atoms with Crippen LogP contribution in [-0.4, -0.2) is 18.4 Å². The molecule has 0 saturated carbocycles. The fraction of sp³-hybridized carbons (Fsp3) is 0.263. The summed E-state index contributed by atoms with van der Waals surface area (Å²) in [6.07, 6.45) is 0.458. The number of halogens is 1. The Morgan fingerprint density at radius 2 is 1.44 bits per heavy atom. The first-order chi connectivity index (χ1) is 11.9. The van der Waals surface area contributed by atoms with Crippen LogP contribution >= 0.6 is 0 Å². The van der Waals surface area contributed by atoms with Crippen molar-refractivity contribution >= 4 is 23.2 Å². The first kappa shape index (κ1) is 18.4. The predicted octanol–water partition coefficient (Wildman–Crippen LogP) is 3.83. The molecule has 2 N–H and O–H groups in total. The largest absolute Gasteiger partial charge is 0.484 e.